The maximum absolute atomic E-state index is 9.02. The topological polar surface area (TPSA) is 20.2 Å². The molecule has 0 heterocycles. The van der Waals surface area contributed by atoms with E-state index in [1.54, 1.807) is 12.2 Å². The van der Waals surface area contributed by atoms with Crippen molar-refractivity contribution in [2.24, 2.45) is 0 Å². The zero-order valence-electron chi connectivity index (χ0n) is 5.71. The standard InChI is InChI=1S/C8H9BrO/c1-8(9)5-2-3-7(10)4-6-8/h2-6,10H,1H3. The van der Waals surface area contributed by atoms with Gasteiger partial charge in [-0.05, 0) is 19.1 Å². The van der Waals surface area contributed by atoms with Gasteiger partial charge in [0, 0.05) is 0 Å². The molecule has 10 heavy (non-hydrogen) atoms. The molecule has 1 aliphatic rings. The molecule has 1 nitrogen and oxygen atoms in total. The Morgan fingerprint density at radius 1 is 1.50 bits per heavy atom. The highest BCUT2D eigenvalue weighted by Crippen LogP contribution is 2.23. The fourth-order valence-corrected chi connectivity index (χ4v) is 0.979. The summed E-state index contributed by atoms with van der Waals surface area (Å²) in [5.74, 6) is 0.291. The number of aliphatic hydroxyl groups excluding tert-OH is 1. The Balaban J connectivity index is 2.88. The van der Waals surface area contributed by atoms with Crippen LogP contribution < -0.4 is 0 Å². The van der Waals surface area contributed by atoms with Crippen LogP contribution in [0.5, 0.6) is 0 Å². The maximum Gasteiger partial charge on any atom is 0.115 e. The van der Waals surface area contributed by atoms with Gasteiger partial charge in [-0.25, -0.2) is 0 Å². The normalized spacial score (nSPS) is 31.6. The van der Waals surface area contributed by atoms with Crippen molar-refractivity contribution in [3.63, 3.8) is 0 Å². The van der Waals surface area contributed by atoms with Crippen molar-refractivity contribution in [2.75, 3.05) is 0 Å². The molecule has 0 aliphatic heterocycles. The first-order valence-electron chi connectivity index (χ1n) is 3.07. The number of hydrogen-bond acceptors (Lipinski definition) is 1. The van der Waals surface area contributed by atoms with Gasteiger partial charge in [-0.3, -0.25) is 0 Å². The second-order valence-corrected chi connectivity index (χ2v) is 4.14. The maximum atomic E-state index is 9.02. The van der Waals surface area contributed by atoms with E-state index in [2.05, 4.69) is 15.9 Å². The summed E-state index contributed by atoms with van der Waals surface area (Å²) in [7, 11) is 0. The molecule has 1 unspecified atom stereocenters. The van der Waals surface area contributed by atoms with Crippen molar-refractivity contribution >= 4 is 15.9 Å². The Morgan fingerprint density at radius 3 is 2.90 bits per heavy atom. The average Bonchev–Trinajstić information content (AvgIpc) is 1.94. The highest BCUT2D eigenvalue weighted by atomic mass is 79.9. The van der Waals surface area contributed by atoms with Crippen molar-refractivity contribution < 1.29 is 5.11 Å². The van der Waals surface area contributed by atoms with Crippen molar-refractivity contribution in [3.8, 4) is 0 Å². The van der Waals surface area contributed by atoms with Crippen LogP contribution in [0.25, 0.3) is 0 Å². The third-order valence-electron chi connectivity index (χ3n) is 1.27. The van der Waals surface area contributed by atoms with Gasteiger partial charge in [0.05, 0.1) is 4.32 Å². The number of aliphatic hydroxyl groups is 1. The van der Waals surface area contributed by atoms with Gasteiger partial charge in [0.1, 0.15) is 5.76 Å². The first-order chi connectivity index (χ1) is 4.60. The van der Waals surface area contributed by atoms with Gasteiger partial charge >= 0.3 is 0 Å². The van der Waals surface area contributed by atoms with Crippen molar-refractivity contribution in [2.45, 2.75) is 11.2 Å². The molecule has 54 valence electrons. The fraction of sp³-hybridized carbons (Fsp3) is 0.250. The molecule has 1 rings (SSSR count). The molecule has 1 atom stereocenters. The molecule has 0 amide bonds. The number of allylic oxidation sites excluding steroid dienone is 5. The number of rotatable bonds is 0. The zero-order chi connectivity index (χ0) is 7.61. The Labute approximate surface area is 68.9 Å². The largest absolute Gasteiger partial charge is 0.508 e. The molecule has 1 aliphatic carbocycles. The van der Waals surface area contributed by atoms with Gasteiger partial charge < -0.3 is 5.11 Å². The predicted molar refractivity (Wildman–Crippen MR) is 46.3 cm³/mol. The highest BCUT2D eigenvalue weighted by Gasteiger charge is 2.11. The minimum Gasteiger partial charge on any atom is -0.508 e. The summed E-state index contributed by atoms with van der Waals surface area (Å²) < 4.78 is -0.117. The first kappa shape index (κ1) is 7.61. The third-order valence-corrected chi connectivity index (χ3v) is 1.80. The minimum absolute atomic E-state index is 0.117. The van der Waals surface area contributed by atoms with Gasteiger partial charge in [-0.2, -0.15) is 0 Å². The lowest BCUT2D eigenvalue weighted by Gasteiger charge is -2.09. The smallest absolute Gasteiger partial charge is 0.115 e. The monoisotopic (exact) mass is 200 g/mol. The van der Waals surface area contributed by atoms with Crippen LogP contribution >= 0.6 is 15.9 Å². The van der Waals surface area contributed by atoms with E-state index >= 15 is 0 Å². The van der Waals surface area contributed by atoms with Crippen LogP contribution in [0.15, 0.2) is 36.1 Å². The van der Waals surface area contributed by atoms with Crippen LogP contribution in [0, 0.1) is 0 Å². The number of halogens is 1. The molecule has 0 bridgehead atoms. The molecule has 0 aromatic rings. The Morgan fingerprint density at radius 2 is 2.20 bits per heavy atom. The van der Waals surface area contributed by atoms with Crippen LogP contribution in [-0.2, 0) is 0 Å². The van der Waals surface area contributed by atoms with Crippen LogP contribution in [0.3, 0.4) is 0 Å². The van der Waals surface area contributed by atoms with Crippen LogP contribution in [0.1, 0.15) is 6.92 Å². The molecule has 2 heteroatoms. The van der Waals surface area contributed by atoms with E-state index in [1.807, 2.05) is 25.2 Å². The summed E-state index contributed by atoms with van der Waals surface area (Å²) in [4.78, 5) is 0. The SMILES string of the molecule is CC1(Br)C=CC=C(O)C=C1. The number of alkyl halides is 1. The van der Waals surface area contributed by atoms with E-state index in [0.29, 0.717) is 5.76 Å². The summed E-state index contributed by atoms with van der Waals surface area (Å²) in [5.41, 5.74) is 0. The molecular weight excluding hydrogens is 192 g/mol. The van der Waals surface area contributed by atoms with Crippen molar-refractivity contribution in [1.29, 1.82) is 0 Å². The lowest BCUT2D eigenvalue weighted by atomic mass is 10.1. The van der Waals surface area contributed by atoms with Gasteiger partial charge in [-0.1, -0.05) is 34.2 Å². The fourth-order valence-electron chi connectivity index (χ4n) is 0.694. The molecule has 0 aromatic heterocycles. The van der Waals surface area contributed by atoms with E-state index in [0.717, 1.165) is 0 Å². The average molecular weight is 201 g/mol. The lowest BCUT2D eigenvalue weighted by molar-refractivity contribution is 0.432. The van der Waals surface area contributed by atoms with Crippen LogP contribution in [0.2, 0.25) is 0 Å². The van der Waals surface area contributed by atoms with Gasteiger partial charge in [0.2, 0.25) is 0 Å². The predicted octanol–water partition coefficient (Wildman–Crippen LogP) is 2.71. The van der Waals surface area contributed by atoms with E-state index in [9.17, 15) is 0 Å². The second kappa shape index (κ2) is 2.62. The van der Waals surface area contributed by atoms with E-state index < -0.39 is 0 Å². The molecule has 0 saturated carbocycles. The Kier molecular flexibility index (Phi) is 2.00. The zero-order valence-corrected chi connectivity index (χ0v) is 7.30. The van der Waals surface area contributed by atoms with Crippen LogP contribution in [-0.4, -0.2) is 9.43 Å². The van der Waals surface area contributed by atoms with E-state index in [4.69, 9.17) is 5.11 Å². The van der Waals surface area contributed by atoms with E-state index in [1.165, 1.54) is 0 Å². The summed E-state index contributed by atoms with van der Waals surface area (Å²) in [6.07, 6.45) is 9.01. The van der Waals surface area contributed by atoms with E-state index in [-0.39, 0.29) is 4.32 Å². The van der Waals surface area contributed by atoms with Gasteiger partial charge in [-0.15, -0.1) is 0 Å². The van der Waals surface area contributed by atoms with Crippen molar-refractivity contribution in [3.05, 3.63) is 36.1 Å². The lowest BCUT2D eigenvalue weighted by Crippen LogP contribution is -2.05. The molecule has 0 saturated heterocycles. The molecule has 0 fully saturated rings. The highest BCUT2D eigenvalue weighted by molar-refractivity contribution is 9.10. The first-order valence-corrected chi connectivity index (χ1v) is 3.86. The van der Waals surface area contributed by atoms with Crippen molar-refractivity contribution in [1.82, 2.24) is 0 Å². The third kappa shape index (κ3) is 2.03. The molecule has 0 spiro atoms. The second-order valence-electron chi connectivity index (χ2n) is 2.44. The number of hydrogen-bond donors (Lipinski definition) is 1. The molecule has 0 radical (unpaired) electrons. The summed E-state index contributed by atoms with van der Waals surface area (Å²) in [5, 5.41) is 9.02. The minimum atomic E-state index is -0.117. The van der Waals surface area contributed by atoms with Gasteiger partial charge in [0.15, 0.2) is 0 Å². The summed E-state index contributed by atoms with van der Waals surface area (Å²) in [6, 6.07) is 0. The Hall–Kier alpha value is -0.500. The van der Waals surface area contributed by atoms with Gasteiger partial charge in [0.25, 0.3) is 0 Å². The Bertz CT molecular complexity index is 211. The summed E-state index contributed by atoms with van der Waals surface area (Å²) in [6.45, 7) is 2.01. The quantitative estimate of drug-likeness (QED) is 0.597. The molecule has 0 aromatic carbocycles. The van der Waals surface area contributed by atoms with Crippen LogP contribution in [0.4, 0.5) is 0 Å². The molecule has 1 N–H and O–H groups in total. The molecular formula is C8H9BrO. The summed E-state index contributed by atoms with van der Waals surface area (Å²) >= 11 is 3.45.